The van der Waals surface area contributed by atoms with Gasteiger partial charge in [0.25, 0.3) is 0 Å². The normalized spacial score (nSPS) is 12.7. The van der Waals surface area contributed by atoms with Gasteiger partial charge in [-0.05, 0) is 24.8 Å². The minimum Gasteiger partial charge on any atom is -0.477 e. The molecule has 1 aromatic rings. The topological polar surface area (TPSA) is 42.2 Å². The highest BCUT2D eigenvalue weighted by atomic mass is 32.2. The Morgan fingerprint density at radius 2 is 2.43 bits per heavy atom. The van der Waals surface area contributed by atoms with E-state index in [1.165, 1.54) is 0 Å². The van der Waals surface area contributed by atoms with Crippen molar-refractivity contribution in [3.05, 3.63) is 24.0 Å². The Kier molecular flexibility index (Phi) is 4.07. The summed E-state index contributed by atoms with van der Waals surface area (Å²) in [7, 11) is 0. The van der Waals surface area contributed by atoms with Crippen molar-refractivity contribution in [2.24, 2.45) is 0 Å². The standard InChI is InChI=1S/C10H15NO2S/c1-8(14-2)5-7-11-6-3-4-9(11)10(12)13/h3-4,6,8H,5,7H2,1-2H3,(H,12,13). The molecule has 1 aromatic heterocycles. The summed E-state index contributed by atoms with van der Waals surface area (Å²) in [5.74, 6) is -0.855. The van der Waals surface area contributed by atoms with Crippen LogP contribution in [-0.2, 0) is 6.54 Å². The predicted octanol–water partition coefficient (Wildman–Crippen LogP) is 2.33. The number of hydrogen-bond donors (Lipinski definition) is 1. The molecule has 3 nitrogen and oxygen atoms in total. The number of hydrogen-bond acceptors (Lipinski definition) is 2. The summed E-state index contributed by atoms with van der Waals surface area (Å²) in [6, 6.07) is 3.40. The molecule has 0 fully saturated rings. The minimum absolute atomic E-state index is 0.373. The number of carboxylic acid groups (broad SMARTS) is 1. The maximum absolute atomic E-state index is 10.8. The van der Waals surface area contributed by atoms with Gasteiger partial charge in [0.2, 0.25) is 0 Å². The van der Waals surface area contributed by atoms with Crippen LogP contribution in [0, 0.1) is 0 Å². The van der Waals surface area contributed by atoms with Crippen LogP contribution in [0.15, 0.2) is 18.3 Å². The second-order valence-electron chi connectivity index (χ2n) is 3.23. The molecule has 0 bridgehead atoms. The van der Waals surface area contributed by atoms with Gasteiger partial charge in [-0.25, -0.2) is 4.79 Å². The first-order valence-electron chi connectivity index (χ1n) is 4.56. The smallest absolute Gasteiger partial charge is 0.352 e. The first-order valence-corrected chi connectivity index (χ1v) is 5.85. The lowest BCUT2D eigenvalue weighted by Crippen LogP contribution is -2.10. The molecule has 0 saturated heterocycles. The number of carboxylic acids is 1. The van der Waals surface area contributed by atoms with Gasteiger partial charge in [-0.3, -0.25) is 0 Å². The molecule has 0 aliphatic carbocycles. The van der Waals surface area contributed by atoms with Gasteiger partial charge in [0, 0.05) is 18.0 Å². The number of nitrogens with zero attached hydrogens (tertiary/aromatic N) is 1. The number of thioether (sulfide) groups is 1. The molecule has 14 heavy (non-hydrogen) atoms. The van der Waals surface area contributed by atoms with Crippen molar-refractivity contribution in [3.63, 3.8) is 0 Å². The van der Waals surface area contributed by atoms with Crippen LogP contribution in [0.3, 0.4) is 0 Å². The minimum atomic E-state index is -0.855. The van der Waals surface area contributed by atoms with E-state index in [1.807, 2.05) is 6.20 Å². The van der Waals surface area contributed by atoms with Crippen molar-refractivity contribution in [3.8, 4) is 0 Å². The van der Waals surface area contributed by atoms with Gasteiger partial charge >= 0.3 is 5.97 Å². The quantitative estimate of drug-likeness (QED) is 0.816. The third kappa shape index (κ3) is 2.80. The maximum atomic E-state index is 10.8. The van der Waals surface area contributed by atoms with Crippen LogP contribution >= 0.6 is 11.8 Å². The predicted molar refractivity (Wildman–Crippen MR) is 59.0 cm³/mol. The highest BCUT2D eigenvalue weighted by Gasteiger charge is 2.08. The van der Waals surface area contributed by atoms with Gasteiger partial charge in [0.1, 0.15) is 5.69 Å². The SMILES string of the molecule is CSC(C)CCn1cccc1C(=O)O. The van der Waals surface area contributed by atoms with Crippen LogP contribution < -0.4 is 0 Å². The number of carbonyl (C=O) groups is 1. The van der Waals surface area contributed by atoms with Crippen molar-refractivity contribution in [2.75, 3.05) is 6.26 Å². The lowest BCUT2D eigenvalue weighted by molar-refractivity contribution is 0.0685. The molecular weight excluding hydrogens is 198 g/mol. The lowest BCUT2D eigenvalue weighted by Gasteiger charge is -2.10. The fourth-order valence-corrected chi connectivity index (χ4v) is 1.58. The summed E-state index contributed by atoms with van der Waals surface area (Å²) in [4.78, 5) is 10.8. The zero-order valence-electron chi connectivity index (χ0n) is 8.43. The highest BCUT2D eigenvalue weighted by molar-refractivity contribution is 7.99. The summed E-state index contributed by atoms with van der Waals surface area (Å²) in [5, 5.41) is 9.42. The molecule has 0 saturated carbocycles. The Balaban J connectivity index is 2.58. The Hall–Kier alpha value is -0.900. The molecule has 4 heteroatoms. The fraction of sp³-hybridized carbons (Fsp3) is 0.500. The van der Waals surface area contributed by atoms with Crippen LogP contribution in [-0.4, -0.2) is 27.1 Å². The van der Waals surface area contributed by atoms with E-state index in [1.54, 1.807) is 28.5 Å². The number of rotatable bonds is 5. The van der Waals surface area contributed by atoms with E-state index >= 15 is 0 Å². The number of aromatic nitrogens is 1. The zero-order chi connectivity index (χ0) is 10.6. The van der Waals surface area contributed by atoms with E-state index in [9.17, 15) is 4.79 Å². The monoisotopic (exact) mass is 213 g/mol. The number of aryl methyl sites for hydroxylation is 1. The summed E-state index contributed by atoms with van der Waals surface area (Å²) < 4.78 is 1.79. The average Bonchev–Trinajstić information content (AvgIpc) is 2.62. The Bertz CT molecular complexity index is 309. The summed E-state index contributed by atoms with van der Waals surface area (Å²) in [6.07, 6.45) is 4.88. The number of aromatic carboxylic acids is 1. The Morgan fingerprint density at radius 1 is 1.71 bits per heavy atom. The van der Waals surface area contributed by atoms with Crippen molar-refractivity contribution < 1.29 is 9.90 Å². The van der Waals surface area contributed by atoms with Gasteiger partial charge in [-0.1, -0.05) is 6.92 Å². The Labute approximate surface area is 88.1 Å². The third-order valence-corrected chi connectivity index (χ3v) is 3.27. The molecule has 0 aliphatic rings. The van der Waals surface area contributed by atoms with Crippen LogP contribution in [0.5, 0.6) is 0 Å². The lowest BCUT2D eigenvalue weighted by atomic mass is 10.3. The molecule has 0 spiro atoms. The fourth-order valence-electron chi connectivity index (χ4n) is 1.24. The molecule has 1 unspecified atom stereocenters. The summed E-state index contributed by atoms with van der Waals surface area (Å²) in [6.45, 7) is 2.92. The van der Waals surface area contributed by atoms with E-state index in [2.05, 4.69) is 13.2 Å². The van der Waals surface area contributed by atoms with Crippen LogP contribution in [0.1, 0.15) is 23.8 Å². The van der Waals surface area contributed by atoms with Crippen molar-refractivity contribution in [1.29, 1.82) is 0 Å². The van der Waals surface area contributed by atoms with Gasteiger partial charge in [0.05, 0.1) is 0 Å². The van der Waals surface area contributed by atoms with Gasteiger partial charge in [-0.15, -0.1) is 0 Å². The van der Waals surface area contributed by atoms with Gasteiger partial charge in [0.15, 0.2) is 0 Å². The van der Waals surface area contributed by atoms with Gasteiger partial charge in [-0.2, -0.15) is 11.8 Å². The van der Waals surface area contributed by atoms with E-state index in [-0.39, 0.29) is 0 Å². The molecule has 0 aliphatic heterocycles. The van der Waals surface area contributed by atoms with E-state index in [4.69, 9.17) is 5.11 Å². The van der Waals surface area contributed by atoms with Gasteiger partial charge < -0.3 is 9.67 Å². The molecule has 1 heterocycles. The van der Waals surface area contributed by atoms with Crippen molar-refractivity contribution in [1.82, 2.24) is 4.57 Å². The first-order chi connectivity index (χ1) is 6.65. The van der Waals surface area contributed by atoms with E-state index in [0.29, 0.717) is 10.9 Å². The zero-order valence-corrected chi connectivity index (χ0v) is 9.25. The molecule has 1 rings (SSSR count). The van der Waals surface area contributed by atoms with Crippen molar-refractivity contribution >= 4 is 17.7 Å². The van der Waals surface area contributed by atoms with Crippen LogP contribution in [0.25, 0.3) is 0 Å². The second kappa shape index (κ2) is 5.10. The molecule has 1 N–H and O–H groups in total. The largest absolute Gasteiger partial charge is 0.477 e. The van der Waals surface area contributed by atoms with E-state index in [0.717, 1.165) is 13.0 Å². The van der Waals surface area contributed by atoms with Crippen LogP contribution in [0.2, 0.25) is 0 Å². The first kappa shape index (κ1) is 11.2. The highest BCUT2D eigenvalue weighted by Crippen LogP contribution is 2.12. The summed E-state index contributed by atoms with van der Waals surface area (Å²) >= 11 is 1.80. The average molecular weight is 213 g/mol. The van der Waals surface area contributed by atoms with Crippen LogP contribution in [0.4, 0.5) is 0 Å². The molecule has 0 aromatic carbocycles. The van der Waals surface area contributed by atoms with Crippen molar-refractivity contribution in [2.45, 2.75) is 25.1 Å². The summed E-state index contributed by atoms with van der Waals surface area (Å²) in [5.41, 5.74) is 0.373. The molecular formula is C10H15NO2S. The third-order valence-electron chi connectivity index (χ3n) is 2.23. The Morgan fingerprint density at radius 3 is 3.00 bits per heavy atom. The molecule has 0 radical (unpaired) electrons. The van der Waals surface area contributed by atoms with E-state index < -0.39 is 5.97 Å². The second-order valence-corrected chi connectivity index (χ2v) is 4.50. The molecule has 78 valence electrons. The molecule has 0 amide bonds. The molecule has 1 atom stereocenters. The maximum Gasteiger partial charge on any atom is 0.352 e.